The smallest absolute Gasteiger partial charge is 0.319 e. The minimum absolute atomic E-state index is 0.00874. The molecule has 1 aliphatic rings. The van der Waals surface area contributed by atoms with Gasteiger partial charge in [-0.25, -0.2) is 4.79 Å². The molecule has 1 aliphatic carbocycles. The van der Waals surface area contributed by atoms with Gasteiger partial charge in [0.25, 0.3) is 0 Å². The molecule has 5 nitrogen and oxygen atoms in total. The van der Waals surface area contributed by atoms with Gasteiger partial charge in [-0.05, 0) is 60.6 Å². The van der Waals surface area contributed by atoms with E-state index < -0.39 is 0 Å². The molecule has 1 saturated carbocycles. The summed E-state index contributed by atoms with van der Waals surface area (Å²) in [5, 5.41) is 8.96. The third kappa shape index (κ3) is 6.24. The van der Waals surface area contributed by atoms with Crippen molar-refractivity contribution in [1.29, 1.82) is 0 Å². The van der Waals surface area contributed by atoms with Crippen LogP contribution in [0.5, 0.6) is 0 Å². The third-order valence-electron chi connectivity index (χ3n) is 4.87. The standard InChI is InChI=1S/C20H31N3O2S/c1-14(24)22-16-10-19(2,3)12-20(4,11-16)13-21-18(25)23-15-6-8-17(26-5)9-7-15/h6-9,16H,10-13H2,1-5H3,(H,22,24)(H2,21,23,25). The van der Waals surface area contributed by atoms with E-state index in [1.165, 1.54) is 0 Å². The first kappa shape index (κ1) is 20.6. The summed E-state index contributed by atoms with van der Waals surface area (Å²) in [6, 6.07) is 7.76. The van der Waals surface area contributed by atoms with Gasteiger partial charge < -0.3 is 16.0 Å². The summed E-state index contributed by atoms with van der Waals surface area (Å²) in [7, 11) is 0. The summed E-state index contributed by atoms with van der Waals surface area (Å²) in [6.07, 6.45) is 4.88. The highest BCUT2D eigenvalue weighted by Crippen LogP contribution is 2.45. The summed E-state index contributed by atoms with van der Waals surface area (Å²) < 4.78 is 0. The van der Waals surface area contributed by atoms with Gasteiger partial charge in [0, 0.05) is 30.1 Å². The van der Waals surface area contributed by atoms with Crippen LogP contribution in [-0.4, -0.2) is 30.8 Å². The molecule has 1 aromatic carbocycles. The number of rotatable bonds is 5. The number of carbonyl (C=O) groups is 2. The Labute approximate surface area is 161 Å². The molecule has 1 fully saturated rings. The number of benzene rings is 1. The van der Waals surface area contributed by atoms with Crippen LogP contribution < -0.4 is 16.0 Å². The zero-order chi connectivity index (χ0) is 19.4. The molecule has 0 aromatic heterocycles. The van der Waals surface area contributed by atoms with Gasteiger partial charge in [0.05, 0.1) is 0 Å². The Morgan fingerprint density at radius 2 is 1.81 bits per heavy atom. The van der Waals surface area contributed by atoms with Crippen molar-refractivity contribution in [3.8, 4) is 0 Å². The molecule has 2 atom stereocenters. The molecule has 0 bridgehead atoms. The second kappa shape index (κ2) is 8.33. The Morgan fingerprint density at radius 3 is 2.38 bits per heavy atom. The van der Waals surface area contributed by atoms with Crippen molar-refractivity contribution in [2.75, 3.05) is 18.1 Å². The summed E-state index contributed by atoms with van der Waals surface area (Å²) in [5.41, 5.74) is 0.867. The maximum Gasteiger partial charge on any atom is 0.319 e. The second-order valence-electron chi connectivity index (χ2n) is 8.49. The van der Waals surface area contributed by atoms with E-state index >= 15 is 0 Å². The fourth-order valence-corrected chi connectivity index (χ4v) is 4.71. The first-order chi connectivity index (χ1) is 12.1. The van der Waals surface area contributed by atoms with Gasteiger partial charge >= 0.3 is 6.03 Å². The minimum Gasteiger partial charge on any atom is -0.354 e. The van der Waals surface area contributed by atoms with E-state index in [2.05, 4.69) is 36.7 Å². The molecule has 0 aliphatic heterocycles. The highest BCUT2D eigenvalue weighted by atomic mass is 32.2. The zero-order valence-corrected chi connectivity index (χ0v) is 17.3. The number of urea groups is 1. The second-order valence-corrected chi connectivity index (χ2v) is 9.37. The predicted octanol–water partition coefficient (Wildman–Crippen LogP) is 4.25. The maximum atomic E-state index is 12.3. The number of amides is 3. The van der Waals surface area contributed by atoms with E-state index in [0.29, 0.717) is 6.54 Å². The molecule has 3 amide bonds. The van der Waals surface area contributed by atoms with Crippen molar-refractivity contribution >= 4 is 29.4 Å². The Hall–Kier alpha value is -1.69. The Morgan fingerprint density at radius 1 is 1.15 bits per heavy atom. The summed E-state index contributed by atoms with van der Waals surface area (Å²) in [4.78, 5) is 24.9. The van der Waals surface area contributed by atoms with Gasteiger partial charge in [-0.1, -0.05) is 20.8 Å². The van der Waals surface area contributed by atoms with Crippen LogP contribution in [-0.2, 0) is 4.79 Å². The number of carbonyl (C=O) groups excluding carboxylic acids is 2. The first-order valence-electron chi connectivity index (χ1n) is 9.07. The average Bonchev–Trinajstić information content (AvgIpc) is 2.51. The van der Waals surface area contributed by atoms with Crippen molar-refractivity contribution < 1.29 is 9.59 Å². The summed E-state index contributed by atoms with van der Waals surface area (Å²) >= 11 is 1.67. The lowest BCUT2D eigenvalue weighted by Crippen LogP contribution is -2.50. The number of hydrogen-bond donors (Lipinski definition) is 3. The Bertz CT molecular complexity index is 645. The van der Waals surface area contributed by atoms with E-state index in [1.807, 2.05) is 30.5 Å². The van der Waals surface area contributed by atoms with Crippen LogP contribution in [0.4, 0.5) is 10.5 Å². The van der Waals surface area contributed by atoms with Crippen LogP contribution in [0, 0.1) is 10.8 Å². The van der Waals surface area contributed by atoms with Crippen LogP contribution >= 0.6 is 11.8 Å². The van der Waals surface area contributed by atoms with Gasteiger partial charge in [0.2, 0.25) is 5.91 Å². The van der Waals surface area contributed by atoms with E-state index in [4.69, 9.17) is 0 Å². The summed E-state index contributed by atoms with van der Waals surface area (Å²) in [6.45, 7) is 8.80. The molecule has 144 valence electrons. The van der Waals surface area contributed by atoms with Crippen LogP contribution in [0.15, 0.2) is 29.2 Å². The molecule has 6 heteroatoms. The maximum absolute atomic E-state index is 12.3. The van der Waals surface area contributed by atoms with Crippen LogP contribution in [0.2, 0.25) is 0 Å². The number of thioether (sulfide) groups is 1. The van der Waals surface area contributed by atoms with Crippen LogP contribution in [0.25, 0.3) is 0 Å². The molecule has 2 unspecified atom stereocenters. The molecule has 2 rings (SSSR count). The molecular formula is C20H31N3O2S. The van der Waals surface area contributed by atoms with E-state index in [0.717, 1.165) is 29.8 Å². The molecular weight excluding hydrogens is 346 g/mol. The summed E-state index contributed by atoms with van der Waals surface area (Å²) in [5.74, 6) is 0.00874. The van der Waals surface area contributed by atoms with Gasteiger partial charge in [-0.3, -0.25) is 4.79 Å². The lowest BCUT2D eigenvalue weighted by molar-refractivity contribution is -0.120. The van der Waals surface area contributed by atoms with Gasteiger partial charge in [0.1, 0.15) is 0 Å². The highest BCUT2D eigenvalue weighted by Gasteiger charge is 2.41. The number of hydrogen-bond acceptors (Lipinski definition) is 3. The normalized spacial score (nSPS) is 24.6. The zero-order valence-electron chi connectivity index (χ0n) is 16.4. The quantitative estimate of drug-likeness (QED) is 0.672. The Balaban J connectivity index is 1.92. The van der Waals surface area contributed by atoms with E-state index in [-0.39, 0.29) is 28.8 Å². The van der Waals surface area contributed by atoms with Crippen molar-refractivity contribution in [2.24, 2.45) is 10.8 Å². The van der Waals surface area contributed by atoms with Gasteiger partial charge in [-0.2, -0.15) is 0 Å². The van der Waals surface area contributed by atoms with Crippen LogP contribution in [0.3, 0.4) is 0 Å². The van der Waals surface area contributed by atoms with Crippen molar-refractivity contribution in [3.63, 3.8) is 0 Å². The van der Waals surface area contributed by atoms with Gasteiger partial charge in [-0.15, -0.1) is 11.8 Å². The van der Waals surface area contributed by atoms with Crippen molar-refractivity contribution in [1.82, 2.24) is 10.6 Å². The highest BCUT2D eigenvalue weighted by molar-refractivity contribution is 7.98. The lowest BCUT2D eigenvalue weighted by Gasteiger charge is -2.46. The topological polar surface area (TPSA) is 70.2 Å². The average molecular weight is 378 g/mol. The molecule has 3 N–H and O–H groups in total. The largest absolute Gasteiger partial charge is 0.354 e. The SMILES string of the molecule is CSc1ccc(NC(=O)NCC2(C)CC(NC(C)=O)CC(C)(C)C2)cc1. The first-order valence-corrected chi connectivity index (χ1v) is 10.3. The molecule has 0 radical (unpaired) electrons. The third-order valence-corrected chi connectivity index (χ3v) is 5.62. The Kier molecular flexibility index (Phi) is 6.61. The van der Waals surface area contributed by atoms with Crippen LogP contribution in [0.1, 0.15) is 47.0 Å². The molecule has 26 heavy (non-hydrogen) atoms. The van der Waals surface area contributed by atoms with Crippen molar-refractivity contribution in [2.45, 2.75) is 57.9 Å². The number of anilines is 1. The van der Waals surface area contributed by atoms with E-state index in [9.17, 15) is 9.59 Å². The minimum atomic E-state index is -0.192. The number of nitrogens with one attached hydrogen (secondary N) is 3. The molecule has 0 spiro atoms. The molecule has 0 heterocycles. The molecule has 0 saturated heterocycles. The molecule has 1 aromatic rings. The monoisotopic (exact) mass is 377 g/mol. The lowest BCUT2D eigenvalue weighted by atomic mass is 9.62. The van der Waals surface area contributed by atoms with Gasteiger partial charge in [0.15, 0.2) is 0 Å². The van der Waals surface area contributed by atoms with E-state index in [1.54, 1.807) is 18.7 Å². The van der Waals surface area contributed by atoms with Crippen molar-refractivity contribution in [3.05, 3.63) is 24.3 Å². The predicted molar refractivity (Wildman–Crippen MR) is 109 cm³/mol. The fraction of sp³-hybridized carbons (Fsp3) is 0.600. The fourth-order valence-electron chi connectivity index (χ4n) is 4.30.